The van der Waals surface area contributed by atoms with E-state index in [9.17, 15) is 9.59 Å². The number of hydrogen-bond donors (Lipinski definition) is 3. The fourth-order valence-electron chi connectivity index (χ4n) is 2.83. The van der Waals surface area contributed by atoms with E-state index in [1.165, 1.54) is 11.3 Å². The van der Waals surface area contributed by atoms with Gasteiger partial charge in [0.1, 0.15) is 5.82 Å². The van der Waals surface area contributed by atoms with Crippen LogP contribution in [0, 0.1) is 6.92 Å². The van der Waals surface area contributed by atoms with Crippen molar-refractivity contribution in [3.8, 4) is 0 Å². The summed E-state index contributed by atoms with van der Waals surface area (Å²) in [6, 6.07) is 3.41. The van der Waals surface area contributed by atoms with Gasteiger partial charge in [-0.15, -0.1) is 11.3 Å². The van der Waals surface area contributed by atoms with Crippen molar-refractivity contribution in [2.75, 3.05) is 18.4 Å². The van der Waals surface area contributed by atoms with Crippen LogP contribution in [0.25, 0.3) is 0 Å². The van der Waals surface area contributed by atoms with E-state index < -0.39 is 5.91 Å². The predicted octanol–water partition coefficient (Wildman–Crippen LogP) is 2.65. The number of thiazole rings is 1. The molecule has 3 heterocycles. The Morgan fingerprint density at radius 2 is 2.22 bits per heavy atom. The normalized spacial score (nSPS) is 13.9. The van der Waals surface area contributed by atoms with Crippen LogP contribution >= 0.6 is 11.3 Å². The number of nitrogens with zero attached hydrogens (tertiary/aromatic N) is 3. The van der Waals surface area contributed by atoms with Gasteiger partial charge in [0, 0.05) is 42.3 Å². The van der Waals surface area contributed by atoms with Crippen molar-refractivity contribution in [3.05, 3.63) is 46.6 Å². The Kier molecular flexibility index (Phi) is 6.15. The van der Waals surface area contributed by atoms with Crippen LogP contribution in [0.3, 0.4) is 0 Å². The maximum Gasteiger partial charge on any atom is 0.254 e. The lowest BCUT2D eigenvalue weighted by Gasteiger charge is -2.27. The number of hydroxylamine groups is 1. The first-order valence-electron chi connectivity index (χ1n) is 8.61. The maximum absolute atomic E-state index is 12.9. The number of rotatable bonds is 6. The van der Waals surface area contributed by atoms with Crippen LogP contribution in [0.4, 0.5) is 10.9 Å². The summed E-state index contributed by atoms with van der Waals surface area (Å²) in [5.74, 6) is 0.0668. The summed E-state index contributed by atoms with van der Waals surface area (Å²) in [7, 11) is 0. The number of aromatic nitrogens is 2. The van der Waals surface area contributed by atoms with Gasteiger partial charge in [-0.2, -0.15) is 0 Å². The summed E-state index contributed by atoms with van der Waals surface area (Å²) in [5, 5.41) is 12.4. The number of pyridine rings is 1. The van der Waals surface area contributed by atoms with Crippen molar-refractivity contribution >= 4 is 34.1 Å². The minimum Gasteiger partial charge on any atom is -0.334 e. The standard InChI is InChI=1S/C18H21N5O3S/c1-12-10-20-18(27-12)21-15-9-14(6-7-19-15)17(25)23-8-2-3-13(11-23)4-5-16(24)22-26/h3,6-7,9-10,26H,2,4-5,8,11H2,1H3,(H,22,24)(H,19,20,21). The van der Waals surface area contributed by atoms with Crippen LogP contribution in [0.1, 0.15) is 34.5 Å². The lowest BCUT2D eigenvalue weighted by atomic mass is 10.0. The molecule has 1 aliphatic heterocycles. The highest BCUT2D eigenvalue weighted by Crippen LogP contribution is 2.22. The molecule has 0 saturated heterocycles. The highest BCUT2D eigenvalue weighted by molar-refractivity contribution is 7.15. The second-order valence-electron chi connectivity index (χ2n) is 6.24. The van der Waals surface area contributed by atoms with Gasteiger partial charge in [0.2, 0.25) is 5.91 Å². The number of aryl methyl sites for hydroxylation is 1. The van der Waals surface area contributed by atoms with Crippen LogP contribution in [0.15, 0.2) is 36.2 Å². The zero-order valence-corrected chi connectivity index (χ0v) is 15.8. The molecule has 3 N–H and O–H groups in total. The number of nitrogens with one attached hydrogen (secondary N) is 2. The SMILES string of the molecule is Cc1cnc(Nc2cc(C(=O)N3CCC=C(CCC(=O)NO)C3)ccn2)s1. The molecule has 0 saturated carbocycles. The number of anilines is 2. The monoisotopic (exact) mass is 387 g/mol. The van der Waals surface area contributed by atoms with Crippen LogP contribution in [0.2, 0.25) is 0 Å². The molecule has 0 spiro atoms. The topological polar surface area (TPSA) is 107 Å². The Morgan fingerprint density at radius 1 is 1.37 bits per heavy atom. The summed E-state index contributed by atoms with van der Waals surface area (Å²) >= 11 is 1.52. The second kappa shape index (κ2) is 8.74. The first-order chi connectivity index (χ1) is 13.0. The molecule has 0 radical (unpaired) electrons. The molecule has 27 heavy (non-hydrogen) atoms. The molecule has 1 aliphatic rings. The van der Waals surface area contributed by atoms with E-state index >= 15 is 0 Å². The minimum absolute atomic E-state index is 0.0759. The molecule has 0 bridgehead atoms. The van der Waals surface area contributed by atoms with Gasteiger partial charge in [-0.05, 0) is 31.9 Å². The van der Waals surface area contributed by atoms with Crippen molar-refractivity contribution in [3.63, 3.8) is 0 Å². The Bertz CT molecular complexity index is 864. The maximum atomic E-state index is 12.9. The molecule has 2 amide bonds. The molecule has 2 aromatic rings. The molecular formula is C18H21N5O3S. The van der Waals surface area contributed by atoms with Crippen molar-refractivity contribution < 1.29 is 14.8 Å². The zero-order valence-electron chi connectivity index (χ0n) is 14.9. The first-order valence-corrected chi connectivity index (χ1v) is 9.42. The van der Waals surface area contributed by atoms with Crippen LogP contribution in [0.5, 0.6) is 0 Å². The first kappa shape index (κ1) is 19.0. The van der Waals surface area contributed by atoms with Crippen molar-refractivity contribution in [1.29, 1.82) is 0 Å². The molecule has 0 aromatic carbocycles. The average Bonchev–Trinajstić information content (AvgIpc) is 3.10. The average molecular weight is 387 g/mol. The Hall–Kier alpha value is -2.78. The molecule has 2 aromatic heterocycles. The quantitative estimate of drug-likeness (QED) is 0.400. The molecule has 3 rings (SSSR count). The van der Waals surface area contributed by atoms with E-state index in [0.717, 1.165) is 22.0 Å². The second-order valence-corrected chi connectivity index (χ2v) is 7.48. The van der Waals surface area contributed by atoms with Gasteiger partial charge in [0.05, 0.1) is 0 Å². The summed E-state index contributed by atoms with van der Waals surface area (Å²) < 4.78 is 0. The highest BCUT2D eigenvalue weighted by Gasteiger charge is 2.20. The smallest absolute Gasteiger partial charge is 0.254 e. The highest BCUT2D eigenvalue weighted by atomic mass is 32.1. The van der Waals surface area contributed by atoms with E-state index in [1.54, 1.807) is 34.9 Å². The summed E-state index contributed by atoms with van der Waals surface area (Å²) in [6.45, 7) is 3.08. The van der Waals surface area contributed by atoms with Gasteiger partial charge in [0.15, 0.2) is 5.13 Å². The van der Waals surface area contributed by atoms with Gasteiger partial charge in [-0.1, -0.05) is 11.6 Å². The third-order valence-electron chi connectivity index (χ3n) is 4.17. The summed E-state index contributed by atoms with van der Waals surface area (Å²) in [6.07, 6.45) is 6.89. The van der Waals surface area contributed by atoms with E-state index in [0.29, 0.717) is 30.9 Å². The van der Waals surface area contributed by atoms with E-state index in [-0.39, 0.29) is 12.3 Å². The predicted molar refractivity (Wildman–Crippen MR) is 102 cm³/mol. The minimum atomic E-state index is -0.429. The Morgan fingerprint density at radius 3 is 2.96 bits per heavy atom. The zero-order chi connectivity index (χ0) is 19.2. The third-order valence-corrected chi connectivity index (χ3v) is 5.00. The molecule has 0 atom stereocenters. The van der Waals surface area contributed by atoms with E-state index in [2.05, 4.69) is 21.4 Å². The van der Waals surface area contributed by atoms with Gasteiger partial charge in [-0.3, -0.25) is 14.8 Å². The van der Waals surface area contributed by atoms with E-state index in [4.69, 9.17) is 5.21 Å². The lowest BCUT2D eigenvalue weighted by Crippen LogP contribution is -2.36. The van der Waals surface area contributed by atoms with Crippen LogP contribution in [-0.4, -0.2) is 45.0 Å². The van der Waals surface area contributed by atoms with Gasteiger partial charge in [0.25, 0.3) is 5.91 Å². The van der Waals surface area contributed by atoms with Crippen molar-refractivity contribution in [2.45, 2.75) is 26.2 Å². The molecule has 142 valence electrons. The van der Waals surface area contributed by atoms with E-state index in [1.807, 2.05) is 6.92 Å². The van der Waals surface area contributed by atoms with Crippen molar-refractivity contribution in [2.24, 2.45) is 0 Å². The molecule has 9 heteroatoms. The largest absolute Gasteiger partial charge is 0.334 e. The summed E-state index contributed by atoms with van der Waals surface area (Å²) in [4.78, 5) is 35.4. The fraction of sp³-hybridized carbons (Fsp3) is 0.333. The van der Waals surface area contributed by atoms with Crippen LogP contribution < -0.4 is 10.8 Å². The Labute approximate surface area is 160 Å². The fourth-order valence-corrected chi connectivity index (χ4v) is 3.51. The molecule has 0 fully saturated rings. The number of amides is 2. The molecular weight excluding hydrogens is 366 g/mol. The summed E-state index contributed by atoms with van der Waals surface area (Å²) in [5.41, 5.74) is 3.20. The molecule has 0 aliphatic carbocycles. The number of carbonyl (C=O) groups excluding carboxylic acids is 2. The number of hydrogen-bond acceptors (Lipinski definition) is 7. The van der Waals surface area contributed by atoms with Gasteiger partial charge in [-0.25, -0.2) is 15.4 Å². The lowest BCUT2D eigenvalue weighted by molar-refractivity contribution is -0.129. The van der Waals surface area contributed by atoms with Crippen molar-refractivity contribution in [1.82, 2.24) is 20.3 Å². The number of carbonyl (C=O) groups is 2. The third kappa shape index (κ3) is 5.11. The molecule has 8 nitrogen and oxygen atoms in total. The molecule has 0 unspecified atom stereocenters. The Balaban J connectivity index is 1.64. The van der Waals surface area contributed by atoms with Crippen LogP contribution in [-0.2, 0) is 4.79 Å². The van der Waals surface area contributed by atoms with Gasteiger partial charge < -0.3 is 10.2 Å². The van der Waals surface area contributed by atoms with Gasteiger partial charge >= 0.3 is 0 Å².